The molecule has 28 heavy (non-hydrogen) atoms. The summed E-state index contributed by atoms with van der Waals surface area (Å²) in [7, 11) is 0. The first-order valence-electron chi connectivity index (χ1n) is 9.56. The molecule has 1 aliphatic rings. The summed E-state index contributed by atoms with van der Waals surface area (Å²) in [4.78, 5) is 18.6. The number of carbonyl (C=O) groups excluding carboxylic acids is 1. The number of carbonyl (C=O) groups is 1. The first kappa shape index (κ1) is 18.0. The Morgan fingerprint density at radius 3 is 2.46 bits per heavy atom. The number of anilines is 2. The molecule has 5 nitrogen and oxygen atoms in total. The molecule has 1 amide bonds. The van der Waals surface area contributed by atoms with Gasteiger partial charge in [0.15, 0.2) is 0 Å². The Hall–Kier alpha value is -3.34. The van der Waals surface area contributed by atoms with Crippen LogP contribution in [0, 0.1) is 0 Å². The fourth-order valence-electron chi connectivity index (χ4n) is 3.27. The van der Waals surface area contributed by atoms with E-state index in [2.05, 4.69) is 10.3 Å². The average Bonchev–Trinajstić information content (AvgIpc) is 3.29. The zero-order chi connectivity index (χ0) is 19.2. The van der Waals surface area contributed by atoms with Gasteiger partial charge in [0.2, 0.25) is 0 Å². The van der Waals surface area contributed by atoms with Gasteiger partial charge in [-0.05, 0) is 48.7 Å². The molecule has 0 aliphatic carbocycles. The number of aromatic nitrogens is 1. The van der Waals surface area contributed by atoms with E-state index in [1.165, 1.54) is 0 Å². The van der Waals surface area contributed by atoms with Gasteiger partial charge in [-0.25, -0.2) is 0 Å². The molecule has 0 atom stereocenters. The molecule has 0 unspecified atom stereocenters. The van der Waals surface area contributed by atoms with E-state index < -0.39 is 0 Å². The third-order valence-electron chi connectivity index (χ3n) is 4.77. The van der Waals surface area contributed by atoms with E-state index in [0.29, 0.717) is 12.2 Å². The van der Waals surface area contributed by atoms with Gasteiger partial charge in [0, 0.05) is 25.0 Å². The molecule has 1 N–H and O–H groups in total. The van der Waals surface area contributed by atoms with Gasteiger partial charge in [0.05, 0.1) is 17.4 Å². The second-order valence-corrected chi connectivity index (χ2v) is 6.89. The van der Waals surface area contributed by atoms with Crippen molar-refractivity contribution in [2.45, 2.75) is 19.4 Å². The van der Waals surface area contributed by atoms with Gasteiger partial charge < -0.3 is 15.0 Å². The molecule has 0 radical (unpaired) electrons. The van der Waals surface area contributed by atoms with Crippen LogP contribution in [0.4, 0.5) is 11.4 Å². The lowest BCUT2D eigenvalue weighted by Crippen LogP contribution is -2.27. The van der Waals surface area contributed by atoms with Gasteiger partial charge in [-0.3, -0.25) is 9.78 Å². The summed E-state index contributed by atoms with van der Waals surface area (Å²) < 4.78 is 5.81. The van der Waals surface area contributed by atoms with Crippen LogP contribution < -0.4 is 10.1 Å². The van der Waals surface area contributed by atoms with Crippen molar-refractivity contribution in [2.24, 2.45) is 0 Å². The summed E-state index contributed by atoms with van der Waals surface area (Å²) in [6.07, 6.45) is 5.51. The first-order valence-corrected chi connectivity index (χ1v) is 9.56. The number of ether oxygens (including phenoxy) is 1. The standard InChI is InChI=1S/C23H23N3O2/c27-23(26-12-4-5-13-26)19-14-21(16-24-15-19)25-20-8-10-22(11-9-20)28-17-18-6-2-1-3-7-18/h1-3,6-11,14-16,25H,4-5,12-13,17H2. The molecular weight excluding hydrogens is 350 g/mol. The molecule has 0 saturated carbocycles. The fourth-order valence-corrected chi connectivity index (χ4v) is 3.27. The van der Waals surface area contributed by atoms with Crippen molar-refractivity contribution >= 4 is 17.3 Å². The molecule has 1 aromatic heterocycles. The van der Waals surface area contributed by atoms with Crippen LogP contribution in [0.15, 0.2) is 73.1 Å². The van der Waals surface area contributed by atoms with Gasteiger partial charge in [-0.2, -0.15) is 0 Å². The van der Waals surface area contributed by atoms with E-state index in [-0.39, 0.29) is 5.91 Å². The van der Waals surface area contributed by atoms with Crippen LogP contribution in [-0.2, 0) is 6.61 Å². The number of nitrogens with one attached hydrogen (secondary N) is 1. The highest BCUT2D eigenvalue weighted by Crippen LogP contribution is 2.22. The maximum absolute atomic E-state index is 12.5. The lowest BCUT2D eigenvalue weighted by Gasteiger charge is -2.15. The Labute approximate surface area is 165 Å². The predicted octanol–water partition coefficient (Wildman–Crippen LogP) is 4.64. The van der Waals surface area contributed by atoms with Crippen LogP contribution in [0.2, 0.25) is 0 Å². The Morgan fingerprint density at radius 1 is 0.964 bits per heavy atom. The third kappa shape index (κ3) is 4.49. The van der Waals surface area contributed by atoms with E-state index in [9.17, 15) is 4.79 Å². The number of hydrogen-bond donors (Lipinski definition) is 1. The summed E-state index contributed by atoms with van der Waals surface area (Å²) in [6, 6.07) is 19.7. The summed E-state index contributed by atoms with van der Waals surface area (Å²) in [5.41, 5.74) is 3.47. The topological polar surface area (TPSA) is 54.5 Å². The van der Waals surface area contributed by atoms with Crippen molar-refractivity contribution in [1.82, 2.24) is 9.88 Å². The molecule has 1 saturated heterocycles. The third-order valence-corrected chi connectivity index (χ3v) is 4.77. The first-order chi connectivity index (χ1) is 13.8. The Bertz CT molecular complexity index is 920. The normalized spacial score (nSPS) is 13.4. The van der Waals surface area contributed by atoms with Crippen molar-refractivity contribution in [1.29, 1.82) is 0 Å². The lowest BCUT2D eigenvalue weighted by atomic mass is 10.2. The zero-order valence-electron chi connectivity index (χ0n) is 15.7. The predicted molar refractivity (Wildman–Crippen MR) is 110 cm³/mol. The quantitative estimate of drug-likeness (QED) is 0.684. The largest absolute Gasteiger partial charge is 0.489 e. The maximum Gasteiger partial charge on any atom is 0.255 e. The van der Waals surface area contributed by atoms with E-state index >= 15 is 0 Å². The molecule has 2 aromatic carbocycles. The molecule has 0 bridgehead atoms. The number of amides is 1. The number of nitrogens with zero attached hydrogens (tertiary/aromatic N) is 2. The highest BCUT2D eigenvalue weighted by atomic mass is 16.5. The van der Waals surface area contributed by atoms with Crippen LogP contribution in [0.25, 0.3) is 0 Å². The molecule has 1 aliphatic heterocycles. The maximum atomic E-state index is 12.5. The van der Waals surface area contributed by atoms with Crippen LogP contribution in [0.1, 0.15) is 28.8 Å². The minimum atomic E-state index is 0.0540. The smallest absolute Gasteiger partial charge is 0.255 e. The molecule has 2 heterocycles. The number of likely N-dealkylation sites (tertiary alicyclic amines) is 1. The van der Waals surface area contributed by atoms with Crippen LogP contribution in [0.5, 0.6) is 5.75 Å². The van der Waals surface area contributed by atoms with Crippen LogP contribution >= 0.6 is 0 Å². The summed E-state index contributed by atoms with van der Waals surface area (Å²) in [5.74, 6) is 0.865. The molecule has 3 aromatic rings. The second kappa shape index (κ2) is 8.57. The molecule has 5 heteroatoms. The Balaban J connectivity index is 1.37. The minimum Gasteiger partial charge on any atom is -0.489 e. The fraction of sp³-hybridized carbons (Fsp3) is 0.217. The summed E-state index contributed by atoms with van der Waals surface area (Å²) in [5, 5.41) is 3.30. The van der Waals surface area contributed by atoms with Crippen molar-refractivity contribution in [2.75, 3.05) is 18.4 Å². The van der Waals surface area contributed by atoms with Crippen LogP contribution in [-0.4, -0.2) is 28.9 Å². The van der Waals surface area contributed by atoms with Crippen molar-refractivity contribution in [3.05, 3.63) is 84.2 Å². The number of benzene rings is 2. The molecule has 0 spiro atoms. The second-order valence-electron chi connectivity index (χ2n) is 6.89. The van der Waals surface area contributed by atoms with Gasteiger partial charge in [0.1, 0.15) is 12.4 Å². The minimum absolute atomic E-state index is 0.0540. The summed E-state index contributed by atoms with van der Waals surface area (Å²) >= 11 is 0. The lowest BCUT2D eigenvalue weighted by molar-refractivity contribution is 0.0792. The van der Waals surface area contributed by atoms with Gasteiger partial charge in [-0.15, -0.1) is 0 Å². The van der Waals surface area contributed by atoms with E-state index in [1.807, 2.05) is 65.6 Å². The molecular formula is C23H23N3O2. The van der Waals surface area contributed by atoms with Crippen molar-refractivity contribution in [3.63, 3.8) is 0 Å². The molecule has 4 rings (SSSR count). The number of pyridine rings is 1. The average molecular weight is 373 g/mol. The molecule has 142 valence electrons. The van der Waals surface area contributed by atoms with E-state index in [4.69, 9.17) is 4.74 Å². The van der Waals surface area contributed by atoms with Gasteiger partial charge in [0.25, 0.3) is 5.91 Å². The molecule has 1 fully saturated rings. The Morgan fingerprint density at radius 2 is 1.71 bits per heavy atom. The van der Waals surface area contributed by atoms with Crippen LogP contribution in [0.3, 0.4) is 0 Å². The van der Waals surface area contributed by atoms with Crippen molar-refractivity contribution in [3.8, 4) is 5.75 Å². The van der Waals surface area contributed by atoms with E-state index in [0.717, 1.165) is 48.6 Å². The van der Waals surface area contributed by atoms with E-state index in [1.54, 1.807) is 12.4 Å². The highest BCUT2D eigenvalue weighted by molar-refractivity contribution is 5.95. The Kier molecular flexibility index (Phi) is 5.52. The number of hydrogen-bond acceptors (Lipinski definition) is 4. The number of rotatable bonds is 6. The highest BCUT2D eigenvalue weighted by Gasteiger charge is 2.19. The summed E-state index contributed by atoms with van der Waals surface area (Å²) in [6.45, 7) is 2.21. The van der Waals surface area contributed by atoms with Gasteiger partial charge >= 0.3 is 0 Å². The monoisotopic (exact) mass is 373 g/mol. The SMILES string of the molecule is O=C(c1cncc(Nc2ccc(OCc3ccccc3)cc2)c1)N1CCCC1. The van der Waals surface area contributed by atoms with Crippen molar-refractivity contribution < 1.29 is 9.53 Å². The zero-order valence-corrected chi connectivity index (χ0v) is 15.7. The van der Waals surface area contributed by atoms with Gasteiger partial charge in [-0.1, -0.05) is 30.3 Å².